The molecule has 0 bridgehead atoms. The largest absolute Gasteiger partial charge is 0.477 e. The van der Waals surface area contributed by atoms with Gasteiger partial charge < -0.3 is 15.3 Å². The van der Waals surface area contributed by atoms with Crippen molar-refractivity contribution in [3.63, 3.8) is 0 Å². The summed E-state index contributed by atoms with van der Waals surface area (Å²) in [6.45, 7) is 1.75. The number of hydrogen-bond acceptors (Lipinski definition) is 7. The summed E-state index contributed by atoms with van der Waals surface area (Å²) in [7, 11) is 1.97. The molecule has 4 rings (SSSR count). The lowest BCUT2D eigenvalue weighted by atomic mass is 10.1. The van der Waals surface area contributed by atoms with E-state index in [1.165, 1.54) is 17.5 Å². The van der Waals surface area contributed by atoms with Crippen LogP contribution in [0.1, 0.15) is 23.2 Å². The highest BCUT2D eigenvalue weighted by Crippen LogP contribution is 2.23. The normalized spacial score (nSPS) is 15.4. The highest BCUT2D eigenvalue weighted by molar-refractivity contribution is 7.12. The van der Waals surface area contributed by atoms with E-state index in [1.54, 1.807) is 28.3 Å². The molecule has 1 fully saturated rings. The van der Waals surface area contributed by atoms with Crippen LogP contribution in [0.3, 0.4) is 0 Å². The Kier molecular flexibility index (Phi) is 4.63. The van der Waals surface area contributed by atoms with Gasteiger partial charge in [-0.25, -0.2) is 14.8 Å². The number of carbonyl (C=O) groups is 1. The minimum absolute atomic E-state index is 0.277. The van der Waals surface area contributed by atoms with Crippen molar-refractivity contribution in [2.75, 3.05) is 25.0 Å². The zero-order chi connectivity index (χ0) is 19.0. The Hall–Kier alpha value is -2.78. The molecular weight excluding hydrogens is 366 g/mol. The summed E-state index contributed by atoms with van der Waals surface area (Å²) in [6, 6.07) is 3.97. The topological polar surface area (TPSA) is 100 Å². The molecule has 2 N–H and O–H groups in total. The maximum atomic E-state index is 12.6. The summed E-state index contributed by atoms with van der Waals surface area (Å²) in [5, 5.41) is 15.3. The quantitative estimate of drug-likeness (QED) is 0.705. The number of thiazole rings is 1. The molecule has 9 heteroatoms. The van der Waals surface area contributed by atoms with Crippen LogP contribution in [-0.4, -0.2) is 51.8 Å². The van der Waals surface area contributed by atoms with Gasteiger partial charge in [-0.2, -0.15) is 0 Å². The molecule has 0 amide bonds. The third kappa shape index (κ3) is 3.19. The standard InChI is InChI=1S/C18H19N5O3S/c1-19-11-4-7-22(8-5-11)14-3-2-12-15(24)13(17(25)26)10-23(16(12)21-14)18-20-6-9-27-18/h2-3,6,9-11,19H,4-5,7-8H2,1H3,(H,25,26). The maximum Gasteiger partial charge on any atom is 0.341 e. The Morgan fingerprint density at radius 1 is 1.33 bits per heavy atom. The van der Waals surface area contributed by atoms with Crippen LogP contribution in [0.15, 0.2) is 34.7 Å². The lowest BCUT2D eigenvalue weighted by molar-refractivity contribution is 0.0695. The predicted octanol–water partition coefficient (Wildman–Crippen LogP) is 1.73. The van der Waals surface area contributed by atoms with E-state index in [2.05, 4.69) is 15.2 Å². The van der Waals surface area contributed by atoms with Crippen LogP contribution in [0.5, 0.6) is 0 Å². The minimum atomic E-state index is -1.26. The number of nitrogens with one attached hydrogen (secondary N) is 1. The van der Waals surface area contributed by atoms with E-state index in [9.17, 15) is 14.7 Å². The predicted molar refractivity (Wildman–Crippen MR) is 104 cm³/mol. The molecule has 27 heavy (non-hydrogen) atoms. The second kappa shape index (κ2) is 7.09. The van der Waals surface area contributed by atoms with Crippen molar-refractivity contribution in [1.82, 2.24) is 19.9 Å². The molecule has 1 aliphatic heterocycles. The Labute approximate surface area is 159 Å². The van der Waals surface area contributed by atoms with Crippen LogP contribution in [0.25, 0.3) is 16.2 Å². The summed E-state index contributed by atoms with van der Waals surface area (Å²) in [6.07, 6.45) is 4.99. The monoisotopic (exact) mass is 385 g/mol. The number of anilines is 1. The molecule has 0 unspecified atom stereocenters. The molecule has 0 aromatic carbocycles. The van der Waals surface area contributed by atoms with E-state index in [-0.39, 0.29) is 10.9 Å². The second-order valence-corrected chi connectivity index (χ2v) is 7.33. The Balaban J connectivity index is 1.85. The first kappa shape index (κ1) is 17.6. The third-order valence-corrected chi connectivity index (χ3v) is 5.69. The average Bonchev–Trinajstić information content (AvgIpc) is 3.22. The van der Waals surface area contributed by atoms with Crippen molar-refractivity contribution in [2.24, 2.45) is 0 Å². The van der Waals surface area contributed by atoms with E-state index in [0.717, 1.165) is 31.7 Å². The molecule has 1 saturated heterocycles. The molecular formula is C18H19N5O3S. The molecule has 3 aromatic rings. The summed E-state index contributed by atoms with van der Waals surface area (Å²) in [4.78, 5) is 35.2. The molecule has 4 heterocycles. The van der Waals surface area contributed by atoms with Crippen LogP contribution in [0.4, 0.5) is 5.82 Å². The summed E-state index contributed by atoms with van der Waals surface area (Å²) < 4.78 is 1.59. The molecule has 0 radical (unpaired) electrons. The van der Waals surface area contributed by atoms with Gasteiger partial charge in [0.15, 0.2) is 10.8 Å². The van der Waals surface area contributed by atoms with Gasteiger partial charge in [0.05, 0.1) is 5.39 Å². The smallest absolute Gasteiger partial charge is 0.341 e. The lowest BCUT2D eigenvalue weighted by Gasteiger charge is -2.32. The first-order valence-corrected chi connectivity index (χ1v) is 9.58. The third-order valence-electron chi connectivity index (χ3n) is 4.92. The molecule has 3 aromatic heterocycles. The number of carboxylic acids is 1. The number of fused-ring (bicyclic) bond motifs is 1. The number of carboxylic acid groups (broad SMARTS) is 1. The fourth-order valence-corrected chi connectivity index (χ4v) is 4.02. The Morgan fingerprint density at radius 2 is 2.11 bits per heavy atom. The van der Waals surface area contributed by atoms with E-state index >= 15 is 0 Å². The van der Waals surface area contributed by atoms with Crippen LogP contribution in [0, 0.1) is 0 Å². The Bertz CT molecular complexity index is 1040. The maximum absolute atomic E-state index is 12.6. The molecule has 1 aliphatic rings. The van der Waals surface area contributed by atoms with E-state index in [1.807, 2.05) is 7.05 Å². The van der Waals surface area contributed by atoms with Crippen molar-refractivity contribution >= 4 is 34.2 Å². The van der Waals surface area contributed by atoms with Crippen molar-refractivity contribution in [1.29, 1.82) is 0 Å². The number of piperidine rings is 1. The van der Waals surface area contributed by atoms with Gasteiger partial charge in [-0.15, -0.1) is 11.3 Å². The number of hydrogen-bond donors (Lipinski definition) is 2. The zero-order valence-electron chi connectivity index (χ0n) is 14.8. The van der Waals surface area contributed by atoms with Gasteiger partial charge in [0.2, 0.25) is 5.43 Å². The molecule has 140 valence electrons. The summed E-state index contributed by atoms with van der Waals surface area (Å²) in [5.41, 5.74) is -0.395. The summed E-state index contributed by atoms with van der Waals surface area (Å²) in [5.74, 6) is -0.477. The van der Waals surface area contributed by atoms with Crippen molar-refractivity contribution < 1.29 is 9.90 Å². The van der Waals surface area contributed by atoms with Gasteiger partial charge in [-0.1, -0.05) is 0 Å². The molecule has 0 spiro atoms. The fraction of sp³-hybridized carbons (Fsp3) is 0.333. The number of aromatic carboxylic acids is 1. The second-order valence-electron chi connectivity index (χ2n) is 6.45. The molecule has 0 atom stereocenters. The van der Waals surface area contributed by atoms with Gasteiger partial charge >= 0.3 is 5.97 Å². The first-order chi connectivity index (χ1) is 13.1. The Morgan fingerprint density at radius 3 is 2.74 bits per heavy atom. The van der Waals surface area contributed by atoms with E-state index < -0.39 is 11.4 Å². The van der Waals surface area contributed by atoms with Crippen molar-refractivity contribution in [3.05, 3.63) is 45.7 Å². The van der Waals surface area contributed by atoms with E-state index in [0.29, 0.717) is 16.8 Å². The van der Waals surface area contributed by atoms with Crippen molar-refractivity contribution in [2.45, 2.75) is 18.9 Å². The number of nitrogens with zero attached hydrogens (tertiary/aromatic N) is 4. The zero-order valence-corrected chi connectivity index (χ0v) is 15.6. The van der Waals surface area contributed by atoms with Crippen LogP contribution < -0.4 is 15.6 Å². The van der Waals surface area contributed by atoms with Crippen molar-refractivity contribution in [3.8, 4) is 5.13 Å². The van der Waals surface area contributed by atoms with Crippen LogP contribution >= 0.6 is 11.3 Å². The minimum Gasteiger partial charge on any atom is -0.477 e. The summed E-state index contributed by atoms with van der Waals surface area (Å²) >= 11 is 1.36. The SMILES string of the molecule is CNC1CCN(c2ccc3c(=O)c(C(=O)O)cn(-c4nccs4)c3n2)CC1. The highest BCUT2D eigenvalue weighted by Gasteiger charge is 2.21. The molecule has 0 aliphatic carbocycles. The van der Waals surface area contributed by atoms with Gasteiger partial charge in [0.25, 0.3) is 0 Å². The molecule has 8 nitrogen and oxygen atoms in total. The van der Waals surface area contributed by atoms with Crippen LogP contribution in [0.2, 0.25) is 0 Å². The highest BCUT2D eigenvalue weighted by atomic mass is 32.1. The fourth-order valence-electron chi connectivity index (χ4n) is 3.40. The number of pyridine rings is 2. The van der Waals surface area contributed by atoms with Crippen LogP contribution in [-0.2, 0) is 0 Å². The van der Waals surface area contributed by atoms with Gasteiger partial charge in [0.1, 0.15) is 11.4 Å². The number of rotatable bonds is 4. The average molecular weight is 385 g/mol. The van der Waals surface area contributed by atoms with E-state index in [4.69, 9.17) is 4.98 Å². The van der Waals surface area contributed by atoms with Gasteiger partial charge in [-0.05, 0) is 32.0 Å². The van der Waals surface area contributed by atoms with Gasteiger partial charge in [0, 0.05) is 36.9 Å². The molecule has 0 saturated carbocycles. The lowest BCUT2D eigenvalue weighted by Crippen LogP contribution is -2.41. The first-order valence-electron chi connectivity index (χ1n) is 8.70. The van der Waals surface area contributed by atoms with Gasteiger partial charge in [-0.3, -0.25) is 9.36 Å². The number of aromatic nitrogens is 3.